The summed E-state index contributed by atoms with van der Waals surface area (Å²) in [5.74, 6) is 0.653. The molecule has 110 valence electrons. The van der Waals surface area contributed by atoms with E-state index in [0.29, 0.717) is 5.92 Å². The highest BCUT2D eigenvalue weighted by Gasteiger charge is 2.21. The lowest BCUT2D eigenvalue weighted by Gasteiger charge is -2.33. The third kappa shape index (κ3) is 3.61. The number of halogens is 1. The van der Waals surface area contributed by atoms with Gasteiger partial charge in [0.25, 0.3) is 5.69 Å². The second-order valence-electron chi connectivity index (χ2n) is 5.19. The van der Waals surface area contributed by atoms with Crippen molar-refractivity contribution in [2.45, 2.75) is 25.7 Å². The van der Waals surface area contributed by atoms with E-state index in [1.807, 2.05) is 6.07 Å². The molecule has 1 N–H and O–H groups in total. The molecule has 0 saturated carbocycles. The predicted octanol–water partition coefficient (Wildman–Crippen LogP) is 3.24. The number of piperidine rings is 1. The summed E-state index contributed by atoms with van der Waals surface area (Å²) in [6.45, 7) is 2.05. The molecule has 6 heteroatoms. The Labute approximate surface area is 123 Å². The quantitative estimate of drug-likeness (QED) is 0.669. The maximum absolute atomic E-state index is 10.9. The minimum Gasteiger partial charge on any atom is -0.396 e. The van der Waals surface area contributed by atoms with E-state index in [9.17, 15) is 10.1 Å². The van der Waals surface area contributed by atoms with Gasteiger partial charge in [0.05, 0.1) is 4.92 Å². The number of hydrogen-bond donors (Lipinski definition) is 1. The molecule has 1 aromatic rings. The van der Waals surface area contributed by atoms with Crippen LogP contribution in [0.25, 0.3) is 0 Å². The lowest BCUT2D eigenvalue weighted by atomic mass is 9.92. The van der Waals surface area contributed by atoms with Gasteiger partial charge in [-0.25, -0.2) is 0 Å². The molecule has 20 heavy (non-hydrogen) atoms. The normalized spacial score (nSPS) is 16.4. The Morgan fingerprint density at radius 1 is 1.40 bits per heavy atom. The van der Waals surface area contributed by atoms with Crippen LogP contribution in [0.3, 0.4) is 0 Å². The zero-order chi connectivity index (χ0) is 14.5. The Bertz CT molecular complexity index is 473. The number of anilines is 1. The fraction of sp³-hybridized carbons (Fsp3) is 0.571. The molecular weight excluding hydrogens is 280 g/mol. The van der Waals surface area contributed by atoms with Gasteiger partial charge in [-0.2, -0.15) is 0 Å². The number of nitro benzene ring substituents is 1. The lowest BCUT2D eigenvalue weighted by Crippen LogP contribution is -2.33. The van der Waals surface area contributed by atoms with E-state index >= 15 is 0 Å². The molecule has 0 bridgehead atoms. The van der Waals surface area contributed by atoms with Crippen LogP contribution < -0.4 is 4.90 Å². The summed E-state index contributed by atoms with van der Waals surface area (Å²) in [5.41, 5.74) is 0.827. The van der Waals surface area contributed by atoms with Gasteiger partial charge in [0.2, 0.25) is 0 Å². The second-order valence-corrected chi connectivity index (χ2v) is 5.60. The molecule has 0 aliphatic carbocycles. The van der Waals surface area contributed by atoms with Crippen molar-refractivity contribution in [1.82, 2.24) is 0 Å². The molecular formula is C14H19ClN2O3. The summed E-state index contributed by atoms with van der Waals surface area (Å²) in [6, 6.07) is 4.98. The number of benzene rings is 1. The van der Waals surface area contributed by atoms with Gasteiger partial charge in [-0.3, -0.25) is 10.1 Å². The Balaban J connectivity index is 2.00. The third-order valence-electron chi connectivity index (χ3n) is 3.88. The van der Waals surface area contributed by atoms with Crippen LogP contribution in [0.15, 0.2) is 18.2 Å². The van der Waals surface area contributed by atoms with Crippen molar-refractivity contribution in [3.8, 4) is 0 Å². The highest BCUT2D eigenvalue weighted by atomic mass is 35.5. The number of nitro groups is 1. The summed E-state index contributed by atoms with van der Waals surface area (Å²) in [7, 11) is 0. The van der Waals surface area contributed by atoms with Gasteiger partial charge in [-0.1, -0.05) is 11.6 Å². The Morgan fingerprint density at radius 3 is 2.70 bits per heavy atom. The van der Waals surface area contributed by atoms with Crippen molar-refractivity contribution in [2.24, 2.45) is 5.92 Å². The van der Waals surface area contributed by atoms with Gasteiger partial charge >= 0.3 is 0 Å². The number of hydrogen-bond acceptors (Lipinski definition) is 4. The third-order valence-corrected chi connectivity index (χ3v) is 4.20. The summed E-state index contributed by atoms with van der Waals surface area (Å²) < 4.78 is 0. The summed E-state index contributed by atoms with van der Waals surface area (Å²) in [4.78, 5) is 12.6. The van der Waals surface area contributed by atoms with Crippen molar-refractivity contribution in [3.63, 3.8) is 0 Å². The average Bonchev–Trinajstić information content (AvgIpc) is 2.46. The molecule has 0 atom stereocenters. The van der Waals surface area contributed by atoms with Crippen molar-refractivity contribution >= 4 is 23.0 Å². The minimum atomic E-state index is -0.445. The van der Waals surface area contributed by atoms with Crippen molar-refractivity contribution in [2.75, 3.05) is 24.6 Å². The van der Waals surface area contributed by atoms with Crippen molar-refractivity contribution < 1.29 is 10.0 Å². The first-order chi connectivity index (χ1) is 9.61. The lowest BCUT2D eigenvalue weighted by molar-refractivity contribution is -0.384. The van der Waals surface area contributed by atoms with Crippen LogP contribution in [0.4, 0.5) is 11.4 Å². The van der Waals surface area contributed by atoms with Crippen LogP contribution in [0.1, 0.15) is 25.7 Å². The Morgan fingerprint density at radius 2 is 2.10 bits per heavy atom. The van der Waals surface area contributed by atoms with E-state index in [2.05, 4.69) is 4.90 Å². The molecule has 2 rings (SSSR count). The number of aliphatic hydroxyl groups is 1. The minimum absolute atomic E-state index is 0.0356. The highest BCUT2D eigenvalue weighted by Crippen LogP contribution is 2.32. The molecule has 5 nitrogen and oxygen atoms in total. The first kappa shape index (κ1) is 15.1. The molecule has 1 aromatic carbocycles. The maximum Gasteiger partial charge on any atom is 0.289 e. The van der Waals surface area contributed by atoms with E-state index in [0.717, 1.165) is 44.5 Å². The van der Waals surface area contributed by atoms with E-state index < -0.39 is 4.92 Å². The Kier molecular flexibility index (Phi) is 5.20. The summed E-state index contributed by atoms with van der Waals surface area (Å²) in [6.07, 6.45) is 4.05. The zero-order valence-corrected chi connectivity index (χ0v) is 12.1. The molecule has 0 radical (unpaired) electrons. The molecule has 0 unspecified atom stereocenters. The van der Waals surface area contributed by atoms with Gasteiger partial charge in [0.15, 0.2) is 0 Å². The van der Waals surface area contributed by atoms with Crippen LogP contribution in [-0.4, -0.2) is 29.7 Å². The fourth-order valence-corrected chi connectivity index (χ4v) is 2.88. The van der Waals surface area contributed by atoms with Crippen LogP contribution in [-0.2, 0) is 0 Å². The largest absolute Gasteiger partial charge is 0.396 e. The Hall–Kier alpha value is -1.33. The monoisotopic (exact) mass is 298 g/mol. The maximum atomic E-state index is 10.9. The van der Waals surface area contributed by atoms with Crippen LogP contribution >= 0.6 is 11.6 Å². The predicted molar refractivity (Wildman–Crippen MR) is 79.4 cm³/mol. The molecule has 0 amide bonds. The molecule has 1 fully saturated rings. The standard InChI is InChI=1S/C14H19ClN2O3/c15-13-4-3-12(10-14(13)17(19)20)16-7-5-11(6-8-16)2-1-9-18/h3-4,10-11,18H,1-2,5-9H2. The fourth-order valence-electron chi connectivity index (χ4n) is 2.70. The van der Waals surface area contributed by atoms with E-state index in [1.165, 1.54) is 0 Å². The van der Waals surface area contributed by atoms with Crippen molar-refractivity contribution in [1.29, 1.82) is 0 Å². The van der Waals surface area contributed by atoms with Gasteiger partial charge in [0.1, 0.15) is 5.02 Å². The van der Waals surface area contributed by atoms with Crippen LogP contribution in [0, 0.1) is 16.0 Å². The van der Waals surface area contributed by atoms with Gasteiger partial charge in [-0.15, -0.1) is 0 Å². The van der Waals surface area contributed by atoms with Gasteiger partial charge in [0, 0.05) is 31.5 Å². The first-order valence-corrected chi connectivity index (χ1v) is 7.29. The average molecular weight is 299 g/mol. The highest BCUT2D eigenvalue weighted by molar-refractivity contribution is 6.32. The zero-order valence-electron chi connectivity index (χ0n) is 11.3. The van der Waals surface area contributed by atoms with Crippen LogP contribution in [0.5, 0.6) is 0 Å². The summed E-state index contributed by atoms with van der Waals surface area (Å²) >= 11 is 5.83. The second kappa shape index (κ2) is 6.90. The molecule has 1 saturated heterocycles. The van der Waals surface area contributed by atoms with Crippen molar-refractivity contribution in [3.05, 3.63) is 33.3 Å². The van der Waals surface area contributed by atoms with E-state index in [1.54, 1.807) is 12.1 Å². The van der Waals surface area contributed by atoms with Crippen LogP contribution in [0.2, 0.25) is 5.02 Å². The molecule has 0 spiro atoms. The van der Waals surface area contributed by atoms with E-state index in [-0.39, 0.29) is 17.3 Å². The number of rotatable bonds is 5. The molecule has 1 aliphatic heterocycles. The van der Waals surface area contributed by atoms with E-state index in [4.69, 9.17) is 16.7 Å². The topological polar surface area (TPSA) is 66.6 Å². The van der Waals surface area contributed by atoms with Gasteiger partial charge in [-0.05, 0) is 43.7 Å². The van der Waals surface area contributed by atoms with Gasteiger partial charge < -0.3 is 10.0 Å². The molecule has 1 aliphatic rings. The smallest absolute Gasteiger partial charge is 0.289 e. The molecule has 0 aromatic heterocycles. The number of nitrogens with zero attached hydrogens (tertiary/aromatic N) is 2. The molecule has 1 heterocycles. The first-order valence-electron chi connectivity index (χ1n) is 6.91. The SMILES string of the molecule is O=[N+]([O-])c1cc(N2CCC(CCCO)CC2)ccc1Cl. The number of aliphatic hydroxyl groups excluding tert-OH is 1. The summed E-state index contributed by atoms with van der Waals surface area (Å²) in [5, 5.41) is 19.9.